The molecule has 4 N–H and O–H groups in total. The minimum absolute atomic E-state index is 0.145. The Morgan fingerprint density at radius 1 is 1.37 bits per heavy atom. The molecule has 0 fully saturated rings. The number of nitrogens with zero attached hydrogens (tertiary/aromatic N) is 2. The molecule has 0 aliphatic rings. The lowest BCUT2D eigenvalue weighted by molar-refractivity contribution is 0.102. The highest BCUT2D eigenvalue weighted by molar-refractivity contribution is 6.34. The van der Waals surface area contributed by atoms with Crippen molar-refractivity contribution < 1.29 is 4.79 Å². The van der Waals surface area contributed by atoms with Crippen LogP contribution in [-0.4, -0.2) is 15.9 Å². The molecular formula is C12H12ClN5O. The Morgan fingerprint density at radius 3 is 2.84 bits per heavy atom. The third-order valence-electron chi connectivity index (χ3n) is 2.39. The molecule has 6 nitrogen and oxygen atoms in total. The Bertz CT molecular complexity index is 617. The van der Waals surface area contributed by atoms with Crippen LogP contribution in [0.3, 0.4) is 0 Å². The van der Waals surface area contributed by atoms with E-state index in [9.17, 15) is 4.79 Å². The molecule has 0 bridgehead atoms. The highest BCUT2D eigenvalue weighted by Crippen LogP contribution is 2.23. The largest absolute Gasteiger partial charge is 0.319 e. The van der Waals surface area contributed by atoms with Crippen molar-refractivity contribution in [1.29, 1.82) is 0 Å². The Labute approximate surface area is 115 Å². The van der Waals surface area contributed by atoms with E-state index in [-0.39, 0.29) is 5.69 Å². The molecule has 7 heteroatoms. The monoisotopic (exact) mass is 277 g/mol. The Morgan fingerprint density at radius 2 is 2.16 bits per heavy atom. The SMILES string of the molecule is Cc1ccc(NC(=O)c2cncc(NN)n2)c(Cl)c1. The van der Waals surface area contributed by atoms with Gasteiger partial charge >= 0.3 is 0 Å². The van der Waals surface area contributed by atoms with E-state index in [2.05, 4.69) is 20.7 Å². The summed E-state index contributed by atoms with van der Waals surface area (Å²) in [4.78, 5) is 19.8. The smallest absolute Gasteiger partial charge is 0.275 e. The van der Waals surface area contributed by atoms with Gasteiger partial charge in [-0.05, 0) is 24.6 Å². The molecule has 0 unspecified atom stereocenters. The van der Waals surface area contributed by atoms with Gasteiger partial charge in [-0.3, -0.25) is 9.78 Å². The predicted molar refractivity (Wildman–Crippen MR) is 74.0 cm³/mol. The van der Waals surface area contributed by atoms with Crippen LogP contribution in [0.4, 0.5) is 11.5 Å². The summed E-state index contributed by atoms with van der Waals surface area (Å²) < 4.78 is 0. The van der Waals surface area contributed by atoms with Crippen molar-refractivity contribution in [3.8, 4) is 0 Å². The number of hydrogen-bond donors (Lipinski definition) is 3. The van der Waals surface area contributed by atoms with Gasteiger partial charge in [-0.15, -0.1) is 0 Å². The van der Waals surface area contributed by atoms with Crippen molar-refractivity contribution in [3.05, 3.63) is 46.9 Å². The number of nitrogens with two attached hydrogens (primary N) is 1. The summed E-state index contributed by atoms with van der Waals surface area (Å²) in [5.74, 6) is 5.11. The fourth-order valence-electron chi connectivity index (χ4n) is 1.45. The molecule has 0 saturated heterocycles. The molecule has 1 heterocycles. The highest BCUT2D eigenvalue weighted by Gasteiger charge is 2.11. The van der Waals surface area contributed by atoms with Gasteiger partial charge in [0.05, 0.1) is 23.1 Å². The van der Waals surface area contributed by atoms with Gasteiger partial charge in [0.2, 0.25) is 0 Å². The number of hydrazine groups is 1. The second kappa shape index (κ2) is 5.64. The average molecular weight is 278 g/mol. The van der Waals surface area contributed by atoms with E-state index in [0.29, 0.717) is 16.5 Å². The minimum Gasteiger partial charge on any atom is -0.319 e. The molecule has 0 spiro atoms. The van der Waals surface area contributed by atoms with E-state index in [4.69, 9.17) is 17.4 Å². The van der Waals surface area contributed by atoms with Gasteiger partial charge in [0.1, 0.15) is 5.69 Å². The zero-order valence-electron chi connectivity index (χ0n) is 10.1. The lowest BCUT2D eigenvalue weighted by Gasteiger charge is -2.08. The molecule has 1 aromatic carbocycles. The lowest BCUT2D eigenvalue weighted by Crippen LogP contribution is -2.17. The standard InChI is InChI=1S/C12H12ClN5O/c1-7-2-3-9(8(13)4-7)17-12(19)10-5-15-6-11(16-10)18-14/h2-6H,14H2,1H3,(H,16,18)(H,17,19). The topological polar surface area (TPSA) is 92.9 Å². The molecule has 0 aliphatic carbocycles. The fraction of sp³-hybridized carbons (Fsp3) is 0.0833. The summed E-state index contributed by atoms with van der Waals surface area (Å²) >= 11 is 6.04. The summed E-state index contributed by atoms with van der Waals surface area (Å²) in [6.45, 7) is 1.92. The van der Waals surface area contributed by atoms with Crippen LogP contribution in [-0.2, 0) is 0 Å². The van der Waals surface area contributed by atoms with Crippen molar-refractivity contribution in [2.75, 3.05) is 10.7 Å². The number of nitrogens with one attached hydrogen (secondary N) is 2. The van der Waals surface area contributed by atoms with Crippen molar-refractivity contribution in [2.24, 2.45) is 5.84 Å². The van der Waals surface area contributed by atoms with Gasteiger partial charge in [0.15, 0.2) is 5.82 Å². The molecule has 2 aromatic rings. The first-order valence-electron chi connectivity index (χ1n) is 5.46. The molecule has 1 amide bonds. The Kier molecular flexibility index (Phi) is 3.94. The molecule has 2 rings (SSSR count). The summed E-state index contributed by atoms with van der Waals surface area (Å²) in [5.41, 5.74) is 4.00. The van der Waals surface area contributed by atoms with Crippen molar-refractivity contribution in [3.63, 3.8) is 0 Å². The molecule has 19 heavy (non-hydrogen) atoms. The number of benzene rings is 1. The average Bonchev–Trinajstić information content (AvgIpc) is 2.42. The van der Waals surface area contributed by atoms with Crippen molar-refractivity contribution in [2.45, 2.75) is 6.92 Å². The van der Waals surface area contributed by atoms with Crippen molar-refractivity contribution >= 4 is 29.0 Å². The zero-order valence-corrected chi connectivity index (χ0v) is 10.9. The maximum absolute atomic E-state index is 12.0. The van der Waals surface area contributed by atoms with Crippen LogP contribution in [0.1, 0.15) is 16.1 Å². The van der Waals surface area contributed by atoms with Crippen LogP contribution in [0.2, 0.25) is 5.02 Å². The van der Waals surface area contributed by atoms with E-state index in [1.807, 2.05) is 13.0 Å². The van der Waals surface area contributed by atoms with Crippen LogP contribution in [0.5, 0.6) is 0 Å². The maximum atomic E-state index is 12.0. The van der Waals surface area contributed by atoms with Gasteiger partial charge in [0.25, 0.3) is 5.91 Å². The Hall–Kier alpha value is -2.18. The van der Waals surface area contributed by atoms with Crippen LogP contribution >= 0.6 is 11.6 Å². The van der Waals surface area contributed by atoms with E-state index < -0.39 is 5.91 Å². The van der Waals surface area contributed by atoms with Crippen LogP contribution in [0.15, 0.2) is 30.6 Å². The molecule has 0 aliphatic heterocycles. The number of nitrogen functional groups attached to an aromatic ring is 1. The van der Waals surface area contributed by atoms with E-state index in [1.54, 1.807) is 12.1 Å². The highest BCUT2D eigenvalue weighted by atomic mass is 35.5. The first-order valence-corrected chi connectivity index (χ1v) is 5.84. The minimum atomic E-state index is -0.407. The number of amides is 1. The van der Waals surface area contributed by atoms with Gasteiger partial charge < -0.3 is 10.7 Å². The Balaban J connectivity index is 2.20. The maximum Gasteiger partial charge on any atom is 0.275 e. The van der Waals surface area contributed by atoms with Crippen LogP contribution in [0.25, 0.3) is 0 Å². The summed E-state index contributed by atoms with van der Waals surface area (Å²) in [7, 11) is 0. The first-order chi connectivity index (χ1) is 9.10. The number of halogens is 1. The van der Waals surface area contributed by atoms with Gasteiger partial charge in [0, 0.05) is 0 Å². The third kappa shape index (κ3) is 3.18. The number of rotatable bonds is 3. The number of aryl methyl sites for hydroxylation is 1. The fourth-order valence-corrected chi connectivity index (χ4v) is 1.74. The van der Waals surface area contributed by atoms with Crippen LogP contribution in [0, 0.1) is 6.92 Å². The number of anilines is 2. The summed E-state index contributed by atoms with van der Waals surface area (Å²) in [5, 5.41) is 3.13. The predicted octanol–water partition coefficient (Wildman–Crippen LogP) is 1.98. The molecular weight excluding hydrogens is 266 g/mol. The molecule has 0 saturated carbocycles. The van der Waals surface area contributed by atoms with Gasteiger partial charge in [-0.1, -0.05) is 17.7 Å². The number of aromatic nitrogens is 2. The summed E-state index contributed by atoms with van der Waals surface area (Å²) in [6, 6.07) is 5.35. The second-order valence-electron chi connectivity index (χ2n) is 3.87. The number of carbonyl (C=O) groups excluding carboxylic acids is 1. The van der Waals surface area contributed by atoms with Crippen molar-refractivity contribution in [1.82, 2.24) is 9.97 Å². The van der Waals surface area contributed by atoms with Gasteiger partial charge in [-0.25, -0.2) is 10.8 Å². The van der Waals surface area contributed by atoms with E-state index in [0.717, 1.165) is 5.56 Å². The quantitative estimate of drug-likeness (QED) is 0.589. The molecule has 0 atom stereocenters. The van der Waals surface area contributed by atoms with E-state index >= 15 is 0 Å². The van der Waals surface area contributed by atoms with Gasteiger partial charge in [-0.2, -0.15) is 0 Å². The second-order valence-corrected chi connectivity index (χ2v) is 4.28. The normalized spacial score (nSPS) is 10.1. The number of hydrogen-bond acceptors (Lipinski definition) is 5. The summed E-state index contributed by atoms with van der Waals surface area (Å²) in [6.07, 6.45) is 2.76. The zero-order chi connectivity index (χ0) is 13.8. The van der Waals surface area contributed by atoms with E-state index in [1.165, 1.54) is 12.4 Å². The molecule has 1 aromatic heterocycles. The lowest BCUT2D eigenvalue weighted by atomic mass is 10.2. The molecule has 0 radical (unpaired) electrons. The molecule has 98 valence electrons. The first kappa shape index (κ1) is 13.3. The van der Waals surface area contributed by atoms with Crippen LogP contribution < -0.4 is 16.6 Å². The third-order valence-corrected chi connectivity index (χ3v) is 2.70. The number of carbonyl (C=O) groups is 1.